The van der Waals surface area contributed by atoms with Crippen LogP contribution in [0.2, 0.25) is 0 Å². The van der Waals surface area contributed by atoms with Crippen LogP contribution >= 0.6 is 7.82 Å². The fourth-order valence-electron chi connectivity index (χ4n) is 3.59. The summed E-state index contributed by atoms with van der Waals surface area (Å²) < 4.78 is 22.5. The van der Waals surface area contributed by atoms with Gasteiger partial charge in [0.25, 0.3) is 5.56 Å². The summed E-state index contributed by atoms with van der Waals surface area (Å²) >= 11 is 0. The van der Waals surface area contributed by atoms with Gasteiger partial charge in [0.15, 0.2) is 6.23 Å². The summed E-state index contributed by atoms with van der Waals surface area (Å²) in [5.41, 5.74) is 0.647. The van der Waals surface area contributed by atoms with E-state index in [-0.39, 0.29) is 6.54 Å². The molecule has 13 nitrogen and oxygen atoms in total. The van der Waals surface area contributed by atoms with E-state index < -0.39 is 50.2 Å². The molecule has 0 aliphatic carbocycles. The van der Waals surface area contributed by atoms with Gasteiger partial charge in [0.2, 0.25) is 0 Å². The standard InChI is InChI=1S/C20H21N4O9P/c25-16-4-8-23(19-18(27)17(26)15(33-19)11-32-34(29,30)31)20(28)24(16)10-14-9-13(3-7-22-14)12-1-5-21-6-2-12/h1-9,15,17-19,26-27H,10-11H2,(H2,29,30,31)/t15-,17?,18?,19-/m1/s1. The topological polar surface area (TPSA) is 186 Å². The van der Waals surface area contributed by atoms with Gasteiger partial charge in [-0.05, 0) is 35.4 Å². The Bertz CT molecular complexity index is 1320. The van der Waals surface area contributed by atoms with E-state index in [0.717, 1.165) is 32.5 Å². The number of hydrogen-bond acceptors (Lipinski definition) is 9. The van der Waals surface area contributed by atoms with Crippen LogP contribution in [0.4, 0.5) is 0 Å². The minimum atomic E-state index is -4.84. The van der Waals surface area contributed by atoms with Crippen LogP contribution in [0, 0.1) is 0 Å². The van der Waals surface area contributed by atoms with Gasteiger partial charge in [0, 0.05) is 30.9 Å². The molecule has 0 saturated carbocycles. The first-order valence-electron chi connectivity index (χ1n) is 10.0. The third kappa shape index (κ3) is 5.21. The van der Waals surface area contributed by atoms with Crippen molar-refractivity contribution in [3.8, 4) is 11.1 Å². The second kappa shape index (κ2) is 9.68. The van der Waals surface area contributed by atoms with E-state index in [9.17, 15) is 24.4 Å². The van der Waals surface area contributed by atoms with E-state index in [1.807, 2.05) is 0 Å². The maximum atomic E-state index is 13.1. The minimum Gasteiger partial charge on any atom is -0.387 e. The van der Waals surface area contributed by atoms with Gasteiger partial charge < -0.3 is 24.7 Å². The van der Waals surface area contributed by atoms with Crippen LogP contribution in [0.25, 0.3) is 11.1 Å². The lowest BCUT2D eigenvalue weighted by molar-refractivity contribution is -0.0548. The van der Waals surface area contributed by atoms with Crippen molar-refractivity contribution in [3.63, 3.8) is 0 Å². The van der Waals surface area contributed by atoms with Crippen molar-refractivity contribution in [2.75, 3.05) is 6.61 Å². The molecule has 14 heteroatoms. The Balaban J connectivity index is 1.60. The SMILES string of the molecule is O=c1ccn([C@@H]2O[C@H](COP(=O)(O)O)C(O)C2O)c(=O)n1Cc1cc(-c2ccncc2)ccn1. The van der Waals surface area contributed by atoms with Crippen molar-refractivity contribution in [2.24, 2.45) is 0 Å². The van der Waals surface area contributed by atoms with Crippen molar-refractivity contribution < 1.29 is 33.8 Å². The Kier molecular flexibility index (Phi) is 6.86. The lowest BCUT2D eigenvalue weighted by Crippen LogP contribution is -2.43. The molecule has 1 aliphatic heterocycles. The van der Waals surface area contributed by atoms with E-state index in [0.29, 0.717) is 5.69 Å². The van der Waals surface area contributed by atoms with Crippen LogP contribution in [0.15, 0.2) is 64.7 Å². The van der Waals surface area contributed by atoms with Crippen molar-refractivity contribution in [1.29, 1.82) is 0 Å². The van der Waals surface area contributed by atoms with Gasteiger partial charge in [-0.15, -0.1) is 0 Å². The smallest absolute Gasteiger partial charge is 0.387 e. The van der Waals surface area contributed by atoms with Gasteiger partial charge in [-0.25, -0.2) is 9.36 Å². The first-order valence-corrected chi connectivity index (χ1v) is 11.6. The summed E-state index contributed by atoms with van der Waals surface area (Å²) in [4.78, 5) is 51.4. The fourth-order valence-corrected chi connectivity index (χ4v) is 3.93. The van der Waals surface area contributed by atoms with Gasteiger partial charge >= 0.3 is 13.5 Å². The zero-order valence-electron chi connectivity index (χ0n) is 17.5. The average molecular weight is 492 g/mol. The molecule has 4 atom stereocenters. The van der Waals surface area contributed by atoms with Crippen LogP contribution in [0.5, 0.6) is 0 Å². The Hall–Kier alpha value is -3.03. The number of phosphoric acid groups is 1. The number of phosphoric ester groups is 1. The predicted octanol–water partition coefficient (Wildman–Crippen LogP) is -0.756. The van der Waals surface area contributed by atoms with Gasteiger partial charge in [-0.2, -0.15) is 0 Å². The first-order chi connectivity index (χ1) is 16.1. The highest BCUT2D eigenvalue weighted by atomic mass is 31.2. The summed E-state index contributed by atoms with van der Waals surface area (Å²) in [5, 5.41) is 20.5. The van der Waals surface area contributed by atoms with E-state index >= 15 is 0 Å². The molecule has 34 heavy (non-hydrogen) atoms. The molecule has 0 bridgehead atoms. The lowest BCUT2D eigenvalue weighted by atomic mass is 10.1. The molecule has 0 aromatic carbocycles. The molecule has 0 spiro atoms. The zero-order valence-corrected chi connectivity index (χ0v) is 18.4. The van der Waals surface area contributed by atoms with Gasteiger partial charge in [-0.3, -0.25) is 28.4 Å². The van der Waals surface area contributed by atoms with Gasteiger partial charge in [0.05, 0.1) is 18.8 Å². The molecule has 1 fully saturated rings. The fraction of sp³-hybridized carbons (Fsp3) is 0.300. The quantitative estimate of drug-likeness (QED) is 0.304. The molecular weight excluding hydrogens is 471 g/mol. The molecular formula is C20H21N4O9P. The van der Waals surface area contributed by atoms with Gasteiger partial charge in [-0.1, -0.05) is 0 Å². The second-order valence-corrected chi connectivity index (χ2v) is 8.77. The number of hydrogen-bond donors (Lipinski definition) is 4. The number of nitrogens with zero attached hydrogens (tertiary/aromatic N) is 4. The third-order valence-corrected chi connectivity index (χ3v) is 5.75. The van der Waals surface area contributed by atoms with Crippen LogP contribution in [-0.2, 0) is 20.4 Å². The third-order valence-electron chi connectivity index (χ3n) is 5.26. The summed E-state index contributed by atoms with van der Waals surface area (Å²) in [6, 6.07) is 8.19. The monoisotopic (exact) mass is 492 g/mol. The molecule has 1 saturated heterocycles. The maximum Gasteiger partial charge on any atom is 0.469 e. The number of aromatic nitrogens is 4. The van der Waals surface area contributed by atoms with E-state index in [1.54, 1.807) is 42.9 Å². The Morgan fingerprint density at radius 1 is 1.03 bits per heavy atom. The number of rotatable bonds is 7. The van der Waals surface area contributed by atoms with Crippen molar-refractivity contribution in [1.82, 2.24) is 19.1 Å². The molecule has 180 valence electrons. The normalized spacial score (nSPS) is 22.7. The highest BCUT2D eigenvalue weighted by molar-refractivity contribution is 7.46. The van der Waals surface area contributed by atoms with E-state index in [2.05, 4.69) is 14.5 Å². The molecule has 0 amide bonds. The van der Waals surface area contributed by atoms with Gasteiger partial charge in [0.1, 0.15) is 18.3 Å². The largest absolute Gasteiger partial charge is 0.469 e. The maximum absolute atomic E-state index is 13.1. The highest BCUT2D eigenvalue weighted by Gasteiger charge is 2.45. The molecule has 4 heterocycles. The molecule has 2 unspecified atom stereocenters. The molecule has 0 radical (unpaired) electrons. The first kappa shape index (κ1) is 24.1. The van der Waals surface area contributed by atoms with Crippen molar-refractivity contribution in [2.45, 2.75) is 31.1 Å². The summed E-state index contributed by atoms with van der Waals surface area (Å²) in [6.07, 6.45) is -0.0396. The van der Waals surface area contributed by atoms with Crippen molar-refractivity contribution >= 4 is 7.82 Å². The van der Waals surface area contributed by atoms with Crippen molar-refractivity contribution in [3.05, 3.63) is 81.7 Å². The molecule has 4 rings (SSSR count). The van der Waals surface area contributed by atoms with E-state index in [1.165, 1.54) is 0 Å². The molecule has 4 N–H and O–H groups in total. The summed E-state index contributed by atoms with van der Waals surface area (Å²) in [6.45, 7) is -0.896. The average Bonchev–Trinajstić information content (AvgIpc) is 3.09. The summed E-state index contributed by atoms with van der Waals surface area (Å²) in [5.74, 6) is 0. The zero-order chi connectivity index (χ0) is 24.5. The van der Waals surface area contributed by atoms with Crippen LogP contribution in [0.1, 0.15) is 11.9 Å². The Labute approximate surface area is 191 Å². The number of pyridine rings is 2. The second-order valence-electron chi connectivity index (χ2n) is 7.53. The minimum absolute atomic E-state index is 0.173. The molecule has 1 aliphatic rings. The predicted molar refractivity (Wildman–Crippen MR) is 115 cm³/mol. The lowest BCUT2D eigenvalue weighted by Gasteiger charge is -2.18. The van der Waals surface area contributed by atoms with E-state index in [4.69, 9.17) is 14.5 Å². The number of aliphatic hydroxyl groups is 2. The molecule has 3 aromatic heterocycles. The number of ether oxygens (including phenoxy) is 1. The van der Waals surface area contributed by atoms with Crippen LogP contribution < -0.4 is 11.2 Å². The van der Waals surface area contributed by atoms with Crippen LogP contribution in [0.3, 0.4) is 0 Å². The molecule has 3 aromatic rings. The highest BCUT2D eigenvalue weighted by Crippen LogP contribution is 2.38. The summed E-state index contributed by atoms with van der Waals surface area (Å²) in [7, 11) is -4.84. The Morgan fingerprint density at radius 2 is 1.74 bits per heavy atom. The Morgan fingerprint density at radius 3 is 2.44 bits per heavy atom. The number of aliphatic hydroxyl groups excluding tert-OH is 2. The van der Waals surface area contributed by atoms with Crippen LogP contribution in [-0.4, -0.2) is 64.0 Å².